The Balaban J connectivity index is 2.11. The second-order valence-electron chi connectivity index (χ2n) is 5.58. The van der Waals surface area contributed by atoms with Gasteiger partial charge in [0.1, 0.15) is 11.4 Å². The average Bonchev–Trinajstić information content (AvgIpc) is 2.55. The topological polar surface area (TPSA) is 80.9 Å². The maximum absolute atomic E-state index is 11.7. The molecule has 3 aromatic rings. The van der Waals surface area contributed by atoms with Crippen molar-refractivity contribution in [3.05, 3.63) is 71.4 Å². The predicted molar refractivity (Wildman–Crippen MR) is 95.2 cm³/mol. The summed E-state index contributed by atoms with van der Waals surface area (Å²) in [6, 6.07) is 15.5. The van der Waals surface area contributed by atoms with E-state index >= 15 is 0 Å². The summed E-state index contributed by atoms with van der Waals surface area (Å²) in [5, 5.41) is 3.15. The first-order valence-electron chi connectivity index (χ1n) is 7.62. The number of primary amides is 1. The van der Waals surface area contributed by atoms with Crippen LogP contribution in [0.1, 0.15) is 21.5 Å². The van der Waals surface area contributed by atoms with Gasteiger partial charge in [0, 0.05) is 17.4 Å². The summed E-state index contributed by atoms with van der Waals surface area (Å²) < 4.78 is 0. The van der Waals surface area contributed by atoms with E-state index in [4.69, 9.17) is 5.73 Å². The van der Waals surface area contributed by atoms with E-state index < -0.39 is 5.91 Å². The molecule has 0 aliphatic carbocycles. The summed E-state index contributed by atoms with van der Waals surface area (Å²) in [7, 11) is 0. The first-order chi connectivity index (χ1) is 11.6. The molecule has 0 unspecified atom stereocenters. The summed E-state index contributed by atoms with van der Waals surface area (Å²) in [6.07, 6.45) is 1.47. The molecule has 0 atom stereocenters. The molecular weight excluding hydrogens is 300 g/mol. The molecule has 0 saturated heterocycles. The predicted octanol–water partition coefficient (Wildman–Crippen LogP) is 3.60. The molecule has 0 radical (unpaired) electrons. The largest absolute Gasteiger partial charge is 0.365 e. The quantitative estimate of drug-likeness (QED) is 0.770. The van der Waals surface area contributed by atoms with E-state index in [1.54, 1.807) is 0 Å². The number of aromatic nitrogens is 2. The Hall–Kier alpha value is -3.21. The van der Waals surface area contributed by atoms with Gasteiger partial charge >= 0.3 is 0 Å². The number of hydrogen-bond donors (Lipinski definition) is 2. The number of hydrogen-bond acceptors (Lipinski definition) is 4. The van der Waals surface area contributed by atoms with Crippen LogP contribution >= 0.6 is 0 Å². The monoisotopic (exact) mass is 318 g/mol. The van der Waals surface area contributed by atoms with Gasteiger partial charge in [0.05, 0.1) is 0 Å². The van der Waals surface area contributed by atoms with Crippen LogP contribution in [0.5, 0.6) is 0 Å². The lowest BCUT2D eigenvalue weighted by Gasteiger charge is -2.13. The number of nitrogens with two attached hydrogens (primary N) is 1. The highest BCUT2D eigenvalue weighted by atomic mass is 16.1. The number of carbonyl (C=O) groups is 1. The minimum absolute atomic E-state index is 0.258. The lowest BCUT2D eigenvalue weighted by atomic mass is 10.0. The van der Waals surface area contributed by atoms with Crippen molar-refractivity contribution in [2.45, 2.75) is 13.8 Å². The molecule has 3 rings (SSSR count). The van der Waals surface area contributed by atoms with Gasteiger partial charge in [-0.05, 0) is 37.1 Å². The van der Waals surface area contributed by atoms with Crippen LogP contribution in [0, 0.1) is 13.8 Å². The maximum atomic E-state index is 11.7. The summed E-state index contributed by atoms with van der Waals surface area (Å²) in [5.74, 6) is 0.400. The molecule has 5 nitrogen and oxygen atoms in total. The third kappa shape index (κ3) is 3.10. The molecule has 0 saturated carbocycles. The first-order valence-corrected chi connectivity index (χ1v) is 7.62. The van der Waals surface area contributed by atoms with Gasteiger partial charge in [0.2, 0.25) is 0 Å². The third-order valence-corrected chi connectivity index (χ3v) is 3.80. The van der Waals surface area contributed by atoms with Crippen LogP contribution in [0.3, 0.4) is 0 Å². The summed E-state index contributed by atoms with van der Waals surface area (Å²) in [5.41, 5.74) is 9.66. The molecule has 0 aliphatic rings. The van der Waals surface area contributed by atoms with Crippen LogP contribution in [0.25, 0.3) is 11.4 Å². The highest BCUT2D eigenvalue weighted by Gasteiger charge is 2.15. The molecule has 120 valence electrons. The average molecular weight is 318 g/mol. The molecule has 24 heavy (non-hydrogen) atoms. The zero-order valence-corrected chi connectivity index (χ0v) is 13.6. The van der Waals surface area contributed by atoms with Crippen LogP contribution in [-0.2, 0) is 0 Å². The zero-order chi connectivity index (χ0) is 17.1. The molecule has 2 aromatic carbocycles. The summed E-state index contributed by atoms with van der Waals surface area (Å²) in [6.45, 7) is 4.02. The van der Waals surface area contributed by atoms with E-state index in [1.165, 1.54) is 6.20 Å². The van der Waals surface area contributed by atoms with Gasteiger partial charge in [-0.15, -0.1) is 0 Å². The van der Waals surface area contributed by atoms with Gasteiger partial charge in [-0.25, -0.2) is 9.97 Å². The second kappa shape index (κ2) is 6.50. The molecule has 3 N–H and O–H groups in total. The minimum Gasteiger partial charge on any atom is -0.365 e. The van der Waals surface area contributed by atoms with Gasteiger partial charge in [0.15, 0.2) is 5.82 Å². The Kier molecular flexibility index (Phi) is 4.24. The Bertz CT molecular complexity index is 871. The molecule has 1 heterocycles. The van der Waals surface area contributed by atoms with Crippen LogP contribution in [0.15, 0.2) is 54.7 Å². The molecular formula is C19H18N4O. The minimum atomic E-state index is -0.568. The smallest absolute Gasteiger partial charge is 0.254 e. The number of amides is 1. The number of rotatable bonds is 4. The molecule has 5 heteroatoms. The number of para-hydroxylation sites is 1. The number of carbonyl (C=O) groups excluding carboxylic acids is 1. The van der Waals surface area contributed by atoms with E-state index in [2.05, 4.69) is 15.3 Å². The fourth-order valence-electron chi connectivity index (χ4n) is 2.60. The van der Waals surface area contributed by atoms with Crippen molar-refractivity contribution >= 4 is 17.4 Å². The molecule has 1 aromatic heterocycles. The van der Waals surface area contributed by atoms with E-state index in [0.29, 0.717) is 11.6 Å². The second-order valence-corrected chi connectivity index (χ2v) is 5.58. The van der Waals surface area contributed by atoms with Crippen molar-refractivity contribution in [2.24, 2.45) is 5.73 Å². The highest BCUT2D eigenvalue weighted by molar-refractivity contribution is 5.98. The highest BCUT2D eigenvalue weighted by Crippen LogP contribution is 2.27. The van der Waals surface area contributed by atoms with Crippen LogP contribution in [0.4, 0.5) is 11.5 Å². The molecule has 0 spiro atoms. The summed E-state index contributed by atoms with van der Waals surface area (Å²) >= 11 is 0. The molecule has 0 bridgehead atoms. The van der Waals surface area contributed by atoms with E-state index in [9.17, 15) is 4.79 Å². The number of anilines is 2. The fraction of sp³-hybridized carbons (Fsp3) is 0.105. The Labute approximate surface area is 140 Å². The van der Waals surface area contributed by atoms with Gasteiger partial charge in [-0.2, -0.15) is 0 Å². The van der Waals surface area contributed by atoms with Gasteiger partial charge in [0.25, 0.3) is 5.91 Å². The first kappa shape index (κ1) is 15.7. The number of aryl methyl sites for hydroxylation is 2. The number of nitrogens with one attached hydrogen (secondary N) is 1. The van der Waals surface area contributed by atoms with Crippen molar-refractivity contribution < 1.29 is 4.79 Å². The van der Waals surface area contributed by atoms with Crippen molar-refractivity contribution in [3.63, 3.8) is 0 Å². The lowest BCUT2D eigenvalue weighted by Crippen LogP contribution is -2.15. The van der Waals surface area contributed by atoms with Gasteiger partial charge in [-0.1, -0.05) is 36.4 Å². The molecule has 1 amide bonds. The van der Waals surface area contributed by atoms with Gasteiger partial charge < -0.3 is 11.1 Å². The van der Waals surface area contributed by atoms with Crippen LogP contribution in [-0.4, -0.2) is 15.9 Å². The Morgan fingerprint density at radius 1 is 1.00 bits per heavy atom. The van der Waals surface area contributed by atoms with Crippen molar-refractivity contribution in [2.75, 3.05) is 5.32 Å². The standard InChI is InChI=1S/C19H18N4O/c1-12-7-6-8-13(2)16(12)19-21-11-15(17(20)24)18(23-19)22-14-9-4-3-5-10-14/h3-11H,1-2H3,(H2,20,24)(H,21,22,23). The lowest BCUT2D eigenvalue weighted by molar-refractivity contribution is 0.100. The summed E-state index contributed by atoms with van der Waals surface area (Å²) in [4.78, 5) is 20.6. The van der Waals surface area contributed by atoms with E-state index in [0.717, 1.165) is 22.4 Å². The number of benzene rings is 2. The Morgan fingerprint density at radius 3 is 2.29 bits per heavy atom. The van der Waals surface area contributed by atoms with E-state index in [-0.39, 0.29) is 5.56 Å². The Morgan fingerprint density at radius 2 is 1.67 bits per heavy atom. The normalized spacial score (nSPS) is 10.4. The third-order valence-electron chi connectivity index (χ3n) is 3.80. The van der Waals surface area contributed by atoms with Crippen molar-refractivity contribution in [1.29, 1.82) is 0 Å². The van der Waals surface area contributed by atoms with Crippen LogP contribution in [0.2, 0.25) is 0 Å². The van der Waals surface area contributed by atoms with Crippen LogP contribution < -0.4 is 11.1 Å². The number of nitrogens with zero attached hydrogens (tertiary/aromatic N) is 2. The van der Waals surface area contributed by atoms with E-state index in [1.807, 2.05) is 62.4 Å². The molecule has 0 aliphatic heterocycles. The maximum Gasteiger partial charge on any atom is 0.254 e. The van der Waals surface area contributed by atoms with Gasteiger partial charge in [-0.3, -0.25) is 4.79 Å². The molecule has 0 fully saturated rings. The SMILES string of the molecule is Cc1cccc(C)c1-c1ncc(C(N)=O)c(Nc2ccccc2)n1. The van der Waals surface area contributed by atoms with Crippen molar-refractivity contribution in [1.82, 2.24) is 9.97 Å². The zero-order valence-electron chi connectivity index (χ0n) is 13.6. The van der Waals surface area contributed by atoms with Crippen molar-refractivity contribution in [3.8, 4) is 11.4 Å². The fourth-order valence-corrected chi connectivity index (χ4v) is 2.60.